The fraction of sp³-hybridized carbons (Fsp3) is 0.368. The first-order valence-electron chi connectivity index (χ1n) is 8.21. The molecule has 1 aromatic rings. The lowest BCUT2D eigenvalue weighted by Crippen LogP contribution is -2.34. The number of carbonyl (C=O) groups excluding carboxylic acids is 2. The molecule has 1 amide bonds. The van der Waals surface area contributed by atoms with Crippen molar-refractivity contribution in [3.05, 3.63) is 54.1 Å². The molecule has 1 unspecified atom stereocenters. The Kier molecular flexibility index (Phi) is 7.23. The van der Waals surface area contributed by atoms with Gasteiger partial charge in [0.1, 0.15) is 12.8 Å². The molecule has 0 aliphatic carbocycles. The van der Waals surface area contributed by atoms with Crippen LogP contribution in [0.15, 0.2) is 48.6 Å². The first-order valence-corrected chi connectivity index (χ1v) is 8.21. The van der Waals surface area contributed by atoms with Crippen molar-refractivity contribution in [1.82, 2.24) is 4.90 Å². The van der Waals surface area contributed by atoms with Crippen LogP contribution in [0, 0.1) is 0 Å². The first kappa shape index (κ1) is 17.9. The molecule has 0 aromatic heterocycles. The number of nitrogens with zero attached hydrogens (tertiary/aromatic N) is 1. The molecule has 0 radical (unpaired) electrons. The zero-order chi connectivity index (χ0) is 17.2. The van der Waals surface area contributed by atoms with Crippen LogP contribution >= 0.6 is 0 Å². The standard InChI is InChI=1S/C19H23NO4/c21-17-12-13-18(22)20(17)14-6-2-5-11-19(23)24-15-7-10-16-8-3-1-4-9-16/h1,3-4,7-10,12-13,17,21H,2,5-6,11,14-15H2/b10-7+. The SMILES string of the molecule is O=C(CCCCCN1C(=O)C=CC1O)OC/C=C/c1ccccc1. The average molecular weight is 329 g/mol. The highest BCUT2D eigenvalue weighted by atomic mass is 16.5. The molecule has 0 saturated carbocycles. The quantitative estimate of drug-likeness (QED) is 0.558. The van der Waals surface area contributed by atoms with Gasteiger partial charge in [0.05, 0.1) is 0 Å². The number of hydrogen-bond donors (Lipinski definition) is 1. The van der Waals surface area contributed by atoms with E-state index in [1.54, 1.807) is 0 Å². The zero-order valence-electron chi connectivity index (χ0n) is 13.6. The van der Waals surface area contributed by atoms with Crippen LogP contribution in [0.25, 0.3) is 6.08 Å². The smallest absolute Gasteiger partial charge is 0.306 e. The molecule has 5 heteroatoms. The molecule has 1 aliphatic heterocycles. The van der Waals surface area contributed by atoms with E-state index >= 15 is 0 Å². The molecule has 1 aliphatic rings. The molecule has 5 nitrogen and oxygen atoms in total. The highest BCUT2D eigenvalue weighted by Gasteiger charge is 2.22. The van der Waals surface area contributed by atoms with Gasteiger partial charge in [-0.2, -0.15) is 0 Å². The maximum absolute atomic E-state index is 11.6. The number of hydrogen-bond acceptors (Lipinski definition) is 4. The van der Waals surface area contributed by atoms with Crippen LogP contribution in [0.1, 0.15) is 31.2 Å². The minimum Gasteiger partial charge on any atom is -0.461 e. The predicted molar refractivity (Wildman–Crippen MR) is 91.8 cm³/mol. The monoisotopic (exact) mass is 329 g/mol. The molecule has 1 heterocycles. The number of benzene rings is 1. The lowest BCUT2D eigenvalue weighted by molar-refractivity contribution is -0.142. The Hall–Kier alpha value is -2.40. The Morgan fingerprint density at radius 2 is 2.00 bits per heavy atom. The van der Waals surface area contributed by atoms with Gasteiger partial charge in [-0.15, -0.1) is 0 Å². The maximum Gasteiger partial charge on any atom is 0.306 e. The largest absolute Gasteiger partial charge is 0.461 e. The van der Waals surface area contributed by atoms with Gasteiger partial charge in [0, 0.05) is 19.0 Å². The third-order valence-electron chi connectivity index (χ3n) is 3.74. The summed E-state index contributed by atoms with van der Waals surface area (Å²) < 4.78 is 5.14. The van der Waals surface area contributed by atoms with Gasteiger partial charge in [0.15, 0.2) is 0 Å². The van der Waals surface area contributed by atoms with Crippen LogP contribution in [0.2, 0.25) is 0 Å². The molecular formula is C19H23NO4. The molecule has 128 valence electrons. The summed E-state index contributed by atoms with van der Waals surface area (Å²) in [6.07, 6.45) is 8.44. The summed E-state index contributed by atoms with van der Waals surface area (Å²) in [6, 6.07) is 9.83. The van der Waals surface area contributed by atoms with Crippen LogP contribution < -0.4 is 0 Å². The molecule has 2 rings (SSSR count). The van der Waals surface area contributed by atoms with E-state index in [1.807, 2.05) is 42.5 Å². The van der Waals surface area contributed by atoms with Crippen LogP contribution in [-0.4, -0.2) is 41.3 Å². The summed E-state index contributed by atoms with van der Waals surface area (Å²) in [7, 11) is 0. The summed E-state index contributed by atoms with van der Waals surface area (Å²) >= 11 is 0. The summed E-state index contributed by atoms with van der Waals surface area (Å²) in [4.78, 5) is 24.4. The lowest BCUT2D eigenvalue weighted by Gasteiger charge is -2.19. The van der Waals surface area contributed by atoms with Crippen LogP contribution in [-0.2, 0) is 14.3 Å². The Morgan fingerprint density at radius 1 is 1.21 bits per heavy atom. The van der Waals surface area contributed by atoms with E-state index in [-0.39, 0.29) is 18.5 Å². The van der Waals surface area contributed by atoms with Crippen LogP contribution in [0.5, 0.6) is 0 Å². The number of amides is 1. The molecule has 24 heavy (non-hydrogen) atoms. The van der Waals surface area contributed by atoms with E-state index < -0.39 is 6.23 Å². The summed E-state index contributed by atoms with van der Waals surface area (Å²) in [6.45, 7) is 0.774. The van der Waals surface area contributed by atoms with E-state index in [0.29, 0.717) is 19.4 Å². The second kappa shape index (κ2) is 9.67. The van der Waals surface area contributed by atoms with Crippen molar-refractivity contribution >= 4 is 18.0 Å². The highest BCUT2D eigenvalue weighted by Crippen LogP contribution is 2.11. The summed E-state index contributed by atoms with van der Waals surface area (Å²) in [5.41, 5.74) is 1.07. The van der Waals surface area contributed by atoms with Crippen molar-refractivity contribution in [3.63, 3.8) is 0 Å². The van der Waals surface area contributed by atoms with Gasteiger partial charge in [0.2, 0.25) is 5.91 Å². The second-order valence-corrected chi connectivity index (χ2v) is 5.61. The number of esters is 1. The van der Waals surface area contributed by atoms with E-state index in [4.69, 9.17) is 4.74 Å². The normalized spacial score (nSPS) is 17.0. The van der Waals surface area contributed by atoms with Crippen molar-refractivity contribution < 1.29 is 19.4 Å². The van der Waals surface area contributed by atoms with Crippen molar-refractivity contribution in [1.29, 1.82) is 0 Å². The van der Waals surface area contributed by atoms with Gasteiger partial charge in [-0.05, 0) is 30.6 Å². The number of carbonyl (C=O) groups is 2. The molecule has 1 N–H and O–H groups in total. The van der Waals surface area contributed by atoms with Crippen molar-refractivity contribution in [2.24, 2.45) is 0 Å². The Balaban J connectivity index is 1.51. The molecule has 1 atom stereocenters. The number of rotatable bonds is 9. The first-order chi connectivity index (χ1) is 11.7. The molecular weight excluding hydrogens is 306 g/mol. The summed E-state index contributed by atoms with van der Waals surface area (Å²) in [5, 5.41) is 9.54. The van der Waals surface area contributed by atoms with Gasteiger partial charge in [-0.3, -0.25) is 9.59 Å². The van der Waals surface area contributed by atoms with Gasteiger partial charge in [-0.1, -0.05) is 42.8 Å². The molecule has 0 saturated heterocycles. The Morgan fingerprint density at radius 3 is 2.71 bits per heavy atom. The summed E-state index contributed by atoms with van der Waals surface area (Å²) in [5.74, 6) is -0.376. The fourth-order valence-electron chi connectivity index (χ4n) is 2.43. The van der Waals surface area contributed by atoms with Crippen LogP contribution in [0.3, 0.4) is 0 Å². The van der Waals surface area contributed by atoms with Gasteiger partial charge in [0.25, 0.3) is 0 Å². The zero-order valence-corrected chi connectivity index (χ0v) is 13.6. The predicted octanol–water partition coefficient (Wildman–Crippen LogP) is 2.52. The topological polar surface area (TPSA) is 66.8 Å². The second-order valence-electron chi connectivity index (χ2n) is 5.61. The highest BCUT2D eigenvalue weighted by molar-refractivity contribution is 5.90. The van der Waals surface area contributed by atoms with Crippen molar-refractivity contribution in [3.8, 4) is 0 Å². The molecule has 0 fully saturated rings. The minimum atomic E-state index is -0.807. The van der Waals surface area contributed by atoms with Crippen molar-refractivity contribution in [2.75, 3.05) is 13.2 Å². The van der Waals surface area contributed by atoms with Gasteiger partial charge in [-0.25, -0.2) is 0 Å². The Bertz CT molecular complexity index is 595. The van der Waals surface area contributed by atoms with E-state index in [1.165, 1.54) is 17.1 Å². The number of aliphatic hydroxyl groups is 1. The van der Waals surface area contributed by atoms with Gasteiger partial charge >= 0.3 is 5.97 Å². The van der Waals surface area contributed by atoms with Crippen molar-refractivity contribution in [2.45, 2.75) is 31.9 Å². The van der Waals surface area contributed by atoms with Gasteiger partial charge < -0.3 is 14.7 Å². The maximum atomic E-state index is 11.6. The third kappa shape index (κ3) is 6.01. The lowest BCUT2D eigenvalue weighted by atomic mass is 10.2. The number of aliphatic hydroxyl groups excluding tert-OH is 1. The van der Waals surface area contributed by atoms with Crippen LogP contribution in [0.4, 0.5) is 0 Å². The Labute approximate surface area is 142 Å². The average Bonchev–Trinajstić information content (AvgIpc) is 2.91. The molecule has 1 aromatic carbocycles. The number of unbranched alkanes of at least 4 members (excludes halogenated alkanes) is 2. The molecule has 0 bridgehead atoms. The minimum absolute atomic E-state index is 0.160. The molecule has 0 spiro atoms. The fourth-order valence-corrected chi connectivity index (χ4v) is 2.43. The van der Waals surface area contributed by atoms with E-state index in [2.05, 4.69) is 0 Å². The third-order valence-corrected chi connectivity index (χ3v) is 3.74. The number of ether oxygens (including phenoxy) is 1. The van der Waals surface area contributed by atoms with E-state index in [0.717, 1.165) is 18.4 Å². The van der Waals surface area contributed by atoms with E-state index in [9.17, 15) is 14.7 Å².